The molecule has 4 nitrogen and oxygen atoms in total. The fraction of sp³-hybridized carbons (Fsp3) is 0.846. The molecule has 2 unspecified atom stereocenters. The van der Waals surface area contributed by atoms with Crippen LogP contribution in [0.2, 0.25) is 0 Å². The van der Waals surface area contributed by atoms with Crippen molar-refractivity contribution < 1.29 is 9.59 Å². The normalized spacial score (nSPS) is 22.4. The summed E-state index contributed by atoms with van der Waals surface area (Å²) in [6, 6.07) is 0.150. The third-order valence-electron chi connectivity index (χ3n) is 3.10. The first-order valence-corrected chi connectivity index (χ1v) is 6.52. The van der Waals surface area contributed by atoms with Gasteiger partial charge in [-0.05, 0) is 26.7 Å². The second-order valence-corrected chi connectivity index (χ2v) is 5.23. The number of carbonyl (C=O) groups excluding carboxylic acids is 2. The van der Waals surface area contributed by atoms with Crippen LogP contribution in [0.25, 0.3) is 0 Å². The Hall–Kier alpha value is -1.06. The maximum absolute atomic E-state index is 12.0. The molecule has 0 bridgehead atoms. The van der Waals surface area contributed by atoms with Crippen molar-refractivity contribution in [3.8, 4) is 0 Å². The van der Waals surface area contributed by atoms with Crippen LogP contribution >= 0.6 is 0 Å². The average Bonchev–Trinajstić information content (AvgIpc) is 3.03. The molecule has 2 atom stereocenters. The van der Waals surface area contributed by atoms with Crippen molar-refractivity contribution >= 4 is 11.8 Å². The van der Waals surface area contributed by atoms with Gasteiger partial charge in [-0.25, -0.2) is 0 Å². The number of hydrogen-bond donors (Lipinski definition) is 1. The molecule has 0 heterocycles. The monoisotopic (exact) mass is 240 g/mol. The SMILES string of the molecule is CCCCN(C)C(=O)C1CC1C(=O)NC(C)C. The Morgan fingerprint density at radius 1 is 1.35 bits per heavy atom. The molecular formula is C13H24N2O2. The van der Waals surface area contributed by atoms with Crippen LogP contribution in [-0.2, 0) is 9.59 Å². The molecule has 1 aliphatic rings. The van der Waals surface area contributed by atoms with E-state index in [1.165, 1.54) is 0 Å². The van der Waals surface area contributed by atoms with E-state index in [1.807, 2.05) is 20.9 Å². The number of hydrogen-bond acceptors (Lipinski definition) is 2. The summed E-state index contributed by atoms with van der Waals surface area (Å²) in [6.45, 7) is 6.77. The smallest absolute Gasteiger partial charge is 0.226 e. The van der Waals surface area contributed by atoms with Crippen LogP contribution in [0.5, 0.6) is 0 Å². The second-order valence-electron chi connectivity index (χ2n) is 5.23. The van der Waals surface area contributed by atoms with E-state index in [9.17, 15) is 9.59 Å². The molecule has 0 spiro atoms. The van der Waals surface area contributed by atoms with Gasteiger partial charge in [-0.15, -0.1) is 0 Å². The van der Waals surface area contributed by atoms with Gasteiger partial charge in [0, 0.05) is 19.6 Å². The molecule has 1 N–H and O–H groups in total. The maximum Gasteiger partial charge on any atom is 0.226 e. The van der Waals surface area contributed by atoms with Crippen LogP contribution in [-0.4, -0.2) is 36.3 Å². The summed E-state index contributed by atoms with van der Waals surface area (Å²) in [5.74, 6) is -0.00539. The topological polar surface area (TPSA) is 49.4 Å². The molecule has 1 aliphatic carbocycles. The van der Waals surface area contributed by atoms with Crippen molar-refractivity contribution in [1.82, 2.24) is 10.2 Å². The number of amides is 2. The van der Waals surface area contributed by atoms with E-state index in [4.69, 9.17) is 0 Å². The highest BCUT2D eigenvalue weighted by Crippen LogP contribution is 2.40. The first kappa shape index (κ1) is 14.0. The van der Waals surface area contributed by atoms with Crippen molar-refractivity contribution in [2.45, 2.75) is 46.1 Å². The molecule has 1 fully saturated rings. The fourth-order valence-corrected chi connectivity index (χ4v) is 1.94. The molecule has 0 aromatic carbocycles. The lowest BCUT2D eigenvalue weighted by Crippen LogP contribution is -2.34. The zero-order valence-electron chi connectivity index (χ0n) is 11.3. The third kappa shape index (κ3) is 4.02. The lowest BCUT2D eigenvalue weighted by atomic mass is 10.2. The quantitative estimate of drug-likeness (QED) is 0.763. The van der Waals surface area contributed by atoms with Gasteiger partial charge in [-0.3, -0.25) is 9.59 Å². The summed E-state index contributed by atoms with van der Waals surface area (Å²) < 4.78 is 0. The summed E-state index contributed by atoms with van der Waals surface area (Å²) in [7, 11) is 1.83. The largest absolute Gasteiger partial charge is 0.354 e. The minimum absolute atomic E-state index is 0.0299. The zero-order valence-corrected chi connectivity index (χ0v) is 11.3. The minimum atomic E-state index is -0.0889. The molecule has 1 rings (SSSR count). The number of unbranched alkanes of at least 4 members (excludes halogenated alkanes) is 1. The Labute approximate surface area is 104 Å². The van der Waals surface area contributed by atoms with E-state index in [2.05, 4.69) is 12.2 Å². The minimum Gasteiger partial charge on any atom is -0.354 e. The maximum atomic E-state index is 12.0. The average molecular weight is 240 g/mol. The van der Waals surface area contributed by atoms with E-state index in [0.717, 1.165) is 19.4 Å². The number of nitrogens with one attached hydrogen (secondary N) is 1. The van der Waals surface area contributed by atoms with Crippen LogP contribution in [0.1, 0.15) is 40.0 Å². The molecule has 2 amide bonds. The van der Waals surface area contributed by atoms with E-state index in [1.54, 1.807) is 4.90 Å². The van der Waals surface area contributed by atoms with Crippen molar-refractivity contribution in [3.63, 3.8) is 0 Å². The van der Waals surface area contributed by atoms with Gasteiger partial charge in [0.25, 0.3) is 0 Å². The third-order valence-corrected chi connectivity index (χ3v) is 3.10. The van der Waals surface area contributed by atoms with Crippen molar-refractivity contribution in [1.29, 1.82) is 0 Å². The molecule has 0 aromatic rings. The molecule has 0 radical (unpaired) electrons. The van der Waals surface area contributed by atoms with Gasteiger partial charge in [0.2, 0.25) is 11.8 Å². The molecule has 4 heteroatoms. The van der Waals surface area contributed by atoms with Crippen molar-refractivity contribution in [3.05, 3.63) is 0 Å². The van der Waals surface area contributed by atoms with Gasteiger partial charge in [0.05, 0.1) is 11.8 Å². The summed E-state index contributed by atoms with van der Waals surface area (Å²) in [4.78, 5) is 25.4. The summed E-state index contributed by atoms with van der Waals surface area (Å²) in [5.41, 5.74) is 0. The van der Waals surface area contributed by atoms with Crippen molar-refractivity contribution in [2.24, 2.45) is 11.8 Å². The standard InChI is InChI=1S/C13H24N2O2/c1-5-6-7-15(4)13(17)11-8-10(11)12(16)14-9(2)3/h9-11H,5-8H2,1-4H3,(H,14,16). The molecule has 17 heavy (non-hydrogen) atoms. The van der Waals surface area contributed by atoms with Crippen LogP contribution in [0, 0.1) is 11.8 Å². The van der Waals surface area contributed by atoms with Crippen LogP contribution in [0.15, 0.2) is 0 Å². The molecule has 0 saturated heterocycles. The van der Waals surface area contributed by atoms with Crippen LogP contribution in [0.3, 0.4) is 0 Å². The van der Waals surface area contributed by atoms with Crippen LogP contribution < -0.4 is 5.32 Å². The van der Waals surface area contributed by atoms with Crippen LogP contribution in [0.4, 0.5) is 0 Å². The highest BCUT2D eigenvalue weighted by atomic mass is 16.2. The first-order valence-electron chi connectivity index (χ1n) is 6.52. The summed E-state index contributed by atoms with van der Waals surface area (Å²) in [6.07, 6.45) is 2.82. The first-order chi connectivity index (χ1) is 7.97. The lowest BCUT2D eigenvalue weighted by molar-refractivity contribution is -0.133. The van der Waals surface area contributed by atoms with E-state index in [-0.39, 0.29) is 29.7 Å². The Bertz CT molecular complexity index is 289. The van der Waals surface area contributed by atoms with Gasteiger partial charge in [0.1, 0.15) is 0 Å². The summed E-state index contributed by atoms with van der Waals surface area (Å²) in [5, 5.41) is 2.86. The predicted molar refractivity (Wildman–Crippen MR) is 67.4 cm³/mol. The number of carbonyl (C=O) groups is 2. The molecule has 98 valence electrons. The fourth-order valence-electron chi connectivity index (χ4n) is 1.94. The molecule has 1 saturated carbocycles. The molecule has 0 aromatic heterocycles. The Kier molecular flexibility index (Phi) is 4.97. The van der Waals surface area contributed by atoms with Gasteiger partial charge < -0.3 is 10.2 Å². The Balaban J connectivity index is 2.35. The lowest BCUT2D eigenvalue weighted by Gasteiger charge is -2.16. The van der Waals surface area contributed by atoms with E-state index < -0.39 is 0 Å². The Morgan fingerprint density at radius 3 is 2.53 bits per heavy atom. The van der Waals surface area contributed by atoms with E-state index in [0.29, 0.717) is 6.42 Å². The highest BCUT2D eigenvalue weighted by molar-refractivity contribution is 5.92. The van der Waals surface area contributed by atoms with E-state index >= 15 is 0 Å². The van der Waals surface area contributed by atoms with Gasteiger partial charge in [-0.2, -0.15) is 0 Å². The molecular weight excluding hydrogens is 216 g/mol. The van der Waals surface area contributed by atoms with Crippen molar-refractivity contribution in [2.75, 3.05) is 13.6 Å². The zero-order chi connectivity index (χ0) is 13.0. The number of rotatable bonds is 6. The highest BCUT2D eigenvalue weighted by Gasteiger charge is 2.48. The van der Waals surface area contributed by atoms with Gasteiger partial charge >= 0.3 is 0 Å². The Morgan fingerprint density at radius 2 is 2.00 bits per heavy atom. The predicted octanol–water partition coefficient (Wildman–Crippen LogP) is 1.41. The van der Waals surface area contributed by atoms with Gasteiger partial charge in [0.15, 0.2) is 0 Å². The second kappa shape index (κ2) is 6.03. The summed E-state index contributed by atoms with van der Waals surface area (Å²) >= 11 is 0. The van der Waals surface area contributed by atoms with Gasteiger partial charge in [-0.1, -0.05) is 13.3 Å². The molecule has 0 aliphatic heterocycles. The number of nitrogens with zero attached hydrogens (tertiary/aromatic N) is 1.